The van der Waals surface area contributed by atoms with Crippen LogP contribution in [0, 0.1) is 5.92 Å². The Bertz CT molecular complexity index is 4210. The van der Waals surface area contributed by atoms with E-state index in [0.29, 0.717) is 38.5 Å². The fourth-order valence-corrected chi connectivity index (χ4v) is 12.1. The van der Waals surface area contributed by atoms with Crippen molar-refractivity contribution < 1.29 is 96.8 Å². The van der Waals surface area contributed by atoms with Gasteiger partial charge in [-0.1, -0.05) is 62.4 Å². The van der Waals surface area contributed by atoms with E-state index < -0.39 is 230 Å². The van der Waals surface area contributed by atoms with Crippen LogP contribution < -0.4 is 86.7 Å². The fourth-order valence-electron chi connectivity index (χ4n) is 11.6. The molecule has 0 radical (unpaired) electrons. The first kappa shape index (κ1) is 90.8. The number of fused-ring (bicyclic) bond motifs is 2. The van der Waals surface area contributed by atoms with E-state index in [1.54, 1.807) is 68.6 Å². The number of carbonyl (C=O) groups is 17. The van der Waals surface area contributed by atoms with Gasteiger partial charge in [-0.2, -0.15) is 25.3 Å². The predicted octanol–water partition coefficient (Wildman–Crippen LogP) is -4.33. The summed E-state index contributed by atoms with van der Waals surface area (Å²) in [5.41, 5.74) is 24.1. The third-order valence-electron chi connectivity index (χ3n) is 17.6. The van der Waals surface area contributed by atoms with Gasteiger partial charge in [0.1, 0.15) is 72.2 Å². The monoisotopic (exact) mass is 1600 g/mol. The molecule has 0 unspecified atom stereocenters. The Kier molecular flexibility index (Phi) is 36.3. The number of aliphatic hydroxyl groups excluding tert-OH is 1. The number of nitrogens with one attached hydrogen (secondary N) is 14. The molecule has 38 nitrogen and oxygen atoms in total. The van der Waals surface area contributed by atoms with Crippen molar-refractivity contribution in [2.75, 3.05) is 18.1 Å². The van der Waals surface area contributed by atoms with Crippen molar-refractivity contribution >= 4 is 148 Å². The number of aliphatic hydroxyl groups is 1. The first-order valence-corrected chi connectivity index (χ1v) is 36.9. The molecular weight excluding hydrogens is 1500 g/mol. The molecule has 0 saturated carbocycles. The van der Waals surface area contributed by atoms with Gasteiger partial charge in [-0.3, -0.25) is 81.5 Å². The van der Waals surface area contributed by atoms with Crippen molar-refractivity contribution in [3.63, 3.8) is 0 Å². The Hall–Kier alpha value is -11.8. The molecule has 0 spiro atoms. The highest BCUT2D eigenvalue weighted by Gasteiger charge is 2.39. The van der Waals surface area contributed by atoms with Gasteiger partial charge < -0.3 is 112 Å². The SMILES string of the molecule is CC(=O)N[C@@H](CS)C(=O)N[C@@H](CCC(N)=O)C(=O)N[C@H](C(=O)N[C@@H](Cc1c[nH]c2ccccc12)C(=O)N[C@@H](CCC(N)=O)C(=O)N[C@@H](CS)C(=O)N[C@@H](CCc1ccc(O)cc1)C(=O)N[C@@H](Cc1c[nH]c2ccccc12)C(=O)N[C@@H](CCC(C)C)C(=O)N[C@@H](CCC(=O)O)C(=O)N[C@@H](CC(N)=O)C(=O)NCC(N)=O)[C@@H](C)O. The zero-order valence-corrected chi connectivity index (χ0v) is 63.7. The number of carboxylic acids is 1. The lowest BCUT2D eigenvalue weighted by Crippen LogP contribution is -2.62. The van der Waals surface area contributed by atoms with Crippen molar-refractivity contribution in [1.29, 1.82) is 0 Å². The number of hydrogen-bond acceptors (Lipinski definition) is 21. The van der Waals surface area contributed by atoms with Crippen molar-refractivity contribution in [1.82, 2.24) is 73.8 Å². The number of para-hydroxylation sites is 2. The minimum atomic E-state index is -1.92. The molecule has 25 N–H and O–H groups in total. The Morgan fingerprint density at radius 2 is 0.786 bits per heavy atom. The summed E-state index contributed by atoms with van der Waals surface area (Å²) >= 11 is 8.45. The van der Waals surface area contributed by atoms with Crippen LogP contribution in [-0.4, -0.2) is 216 Å². The predicted molar refractivity (Wildman–Crippen MR) is 411 cm³/mol. The molecule has 608 valence electrons. The zero-order valence-electron chi connectivity index (χ0n) is 61.9. The van der Waals surface area contributed by atoms with Gasteiger partial charge in [0, 0.05) is 84.7 Å². The molecule has 0 fully saturated rings. The van der Waals surface area contributed by atoms with E-state index in [1.807, 2.05) is 0 Å². The van der Waals surface area contributed by atoms with Gasteiger partial charge in [-0.05, 0) is 98.7 Å². The van der Waals surface area contributed by atoms with Crippen LogP contribution in [0.4, 0.5) is 0 Å². The number of carboxylic acid groups (broad SMARTS) is 1. The van der Waals surface area contributed by atoms with Gasteiger partial charge in [0.05, 0.1) is 19.1 Å². The van der Waals surface area contributed by atoms with E-state index in [0.717, 1.165) is 13.8 Å². The zero-order chi connectivity index (χ0) is 83.1. The van der Waals surface area contributed by atoms with Crippen LogP contribution in [0.5, 0.6) is 5.75 Å². The summed E-state index contributed by atoms with van der Waals surface area (Å²) in [6.45, 7) is 5.14. The van der Waals surface area contributed by atoms with E-state index in [-0.39, 0.29) is 55.9 Å². The van der Waals surface area contributed by atoms with Gasteiger partial charge in [0.15, 0.2) is 0 Å². The number of aryl methyl sites for hydroxylation is 1. The molecule has 40 heteroatoms. The number of phenols is 1. The Morgan fingerprint density at radius 3 is 1.20 bits per heavy atom. The highest BCUT2D eigenvalue weighted by atomic mass is 32.1. The fraction of sp³-hybridized carbons (Fsp3) is 0.458. The molecule has 2 heterocycles. The van der Waals surface area contributed by atoms with Crippen LogP contribution in [-0.2, 0) is 101 Å². The Labute approximate surface area is 653 Å². The molecule has 0 bridgehead atoms. The lowest BCUT2D eigenvalue weighted by atomic mass is 9.99. The van der Waals surface area contributed by atoms with E-state index in [9.17, 15) is 87.2 Å². The smallest absolute Gasteiger partial charge is 0.303 e. The molecule has 0 saturated heterocycles. The van der Waals surface area contributed by atoms with E-state index >= 15 is 9.59 Å². The van der Waals surface area contributed by atoms with Crippen LogP contribution >= 0.6 is 25.3 Å². The third-order valence-corrected chi connectivity index (χ3v) is 18.3. The average molecular weight is 1600 g/mol. The molecular formula is C72H98N18O20S2. The van der Waals surface area contributed by atoms with Crippen molar-refractivity contribution in [2.45, 2.75) is 184 Å². The summed E-state index contributed by atoms with van der Waals surface area (Å²) < 4.78 is 0. The lowest BCUT2D eigenvalue weighted by molar-refractivity contribution is -0.139. The number of benzene rings is 3. The first-order valence-electron chi connectivity index (χ1n) is 35.7. The van der Waals surface area contributed by atoms with Gasteiger partial charge in [0.2, 0.25) is 94.5 Å². The van der Waals surface area contributed by atoms with Crippen molar-refractivity contribution in [3.05, 3.63) is 102 Å². The molecule has 0 aliphatic carbocycles. The number of aromatic amines is 2. The lowest BCUT2D eigenvalue weighted by Gasteiger charge is -2.29. The van der Waals surface area contributed by atoms with E-state index in [4.69, 9.17) is 22.9 Å². The Balaban J connectivity index is 1.48. The van der Waals surface area contributed by atoms with Crippen LogP contribution in [0.25, 0.3) is 21.8 Å². The molecule has 12 atom stereocenters. The van der Waals surface area contributed by atoms with Crippen LogP contribution in [0.15, 0.2) is 85.2 Å². The van der Waals surface area contributed by atoms with Crippen molar-refractivity contribution in [3.8, 4) is 5.75 Å². The summed E-state index contributed by atoms with van der Waals surface area (Å²) in [6, 6.07) is 1.24. The van der Waals surface area contributed by atoms with Crippen LogP contribution in [0.2, 0.25) is 0 Å². The summed E-state index contributed by atoms with van der Waals surface area (Å²) in [4.78, 5) is 236. The second kappa shape index (κ2) is 44.7. The molecule has 16 amide bonds. The van der Waals surface area contributed by atoms with Gasteiger partial charge in [0.25, 0.3) is 0 Å². The minimum absolute atomic E-state index is 0.000948. The molecule has 3 aromatic carbocycles. The number of aromatic hydroxyl groups is 1. The topological polar surface area (TPSA) is 631 Å². The number of hydrogen-bond donors (Lipinski definition) is 23. The summed E-state index contributed by atoms with van der Waals surface area (Å²) in [6.07, 6.45) is -3.60. The number of rotatable bonds is 48. The highest BCUT2D eigenvalue weighted by molar-refractivity contribution is 7.80. The van der Waals surface area contributed by atoms with Gasteiger partial charge in [-0.25, -0.2) is 0 Å². The second-order valence-corrected chi connectivity index (χ2v) is 27.7. The second-order valence-electron chi connectivity index (χ2n) is 27.0. The van der Waals surface area contributed by atoms with E-state index in [2.05, 4.69) is 99.0 Å². The number of aliphatic carboxylic acids is 1. The molecule has 5 aromatic rings. The average Bonchev–Trinajstić information content (AvgIpc) is 1.66. The number of amides is 16. The quantitative estimate of drug-likeness (QED) is 0.0164. The van der Waals surface area contributed by atoms with Crippen LogP contribution in [0.1, 0.15) is 109 Å². The highest BCUT2D eigenvalue weighted by Crippen LogP contribution is 2.23. The maximum Gasteiger partial charge on any atom is 0.303 e. The normalized spacial score (nSPS) is 14.4. The standard InChI is InChI=1S/C72H98N18O20S2/c1-35(2)13-19-46(63(101)81-50(23-26-60(98)99)65(103)87-53(29-58(75)96)62(100)79-32-59(76)97)82-68(106)51(27-39-30-77-44-11-7-5-9-42(39)44)86-64(102)47(20-16-38-14-17-41(93)18-15-38)84-71(109)55(34-112)89-66(104)48(21-24-56(73)94)83-69(107)52(28-40-31-78-45-12-8-6-10-43(40)45)88-72(110)61(36(3)91)90-67(105)49(22-25-57(74)95)85-70(108)54(33-111)80-37(4)92/h5-12,14-15,17-18,30-31,35-36,46-55,61,77-78,91,93,111-112H,13,16,19-29,32-34H2,1-4H3,(H2,73,94)(H2,74,95)(H2,75,96)(H2,76,97)(H,79,100)(H,80,92)(H,81,101)(H,82,106)(H,83,107)(H,84,109)(H,85,108)(H,86,102)(H,87,103)(H,88,110)(H,89,104)(H,90,105)(H,98,99)/t36-,46+,47+,48+,49+,50+,51+,52+,53+,54+,55+,61+/m1/s1. The first-order chi connectivity index (χ1) is 53.0. The van der Waals surface area contributed by atoms with Gasteiger partial charge in [-0.15, -0.1) is 0 Å². The Morgan fingerprint density at radius 1 is 0.411 bits per heavy atom. The minimum Gasteiger partial charge on any atom is -0.508 e. The maximum absolute atomic E-state index is 15.2. The van der Waals surface area contributed by atoms with E-state index in [1.165, 1.54) is 30.5 Å². The number of aromatic nitrogens is 2. The molecule has 0 aliphatic heterocycles. The molecule has 2 aromatic heterocycles. The molecule has 5 rings (SSSR count). The van der Waals surface area contributed by atoms with Crippen LogP contribution in [0.3, 0.4) is 0 Å². The number of phenolic OH excluding ortho intramolecular Hbond substituents is 1. The number of carbonyl (C=O) groups excluding carboxylic acids is 16. The maximum atomic E-state index is 15.2. The molecule has 0 aliphatic rings. The van der Waals surface area contributed by atoms with Gasteiger partial charge >= 0.3 is 5.97 Å². The van der Waals surface area contributed by atoms with Crippen molar-refractivity contribution in [2.24, 2.45) is 28.9 Å². The third kappa shape index (κ3) is 29.9. The molecule has 112 heavy (non-hydrogen) atoms. The number of nitrogens with two attached hydrogens (primary N) is 4. The number of thiol groups is 2. The number of primary amides is 4. The number of H-pyrrole nitrogens is 2. The summed E-state index contributed by atoms with van der Waals surface area (Å²) in [5, 5.41) is 61.4. The summed E-state index contributed by atoms with van der Waals surface area (Å²) in [7, 11) is 0. The summed E-state index contributed by atoms with van der Waals surface area (Å²) in [5.74, 6) is -18.8. The largest absolute Gasteiger partial charge is 0.508 e.